The predicted octanol–water partition coefficient (Wildman–Crippen LogP) is 3.39. The van der Waals surface area contributed by atoms with Gasteiger partial charge in [0.1, 0.15) is 0 Å². The van der Waals surface area contributed by atoms with Crippen LogP contribution in [0.4, 0.5) is 0 Å². The summed E-state index contributed by atoms with van der Waals surface area (Å²) in [4.78, 5) is 9.56. The minimum absolute atomic E-state index is 0.748. The number of aromatic nitrogens is 2. The van der Waals surface area contributed by atoms with Gasteiger partial charge in [-0.25, -0.2) is 9.97 Å². The summed E-state index contributed by atoms with van der Waals surface area (Å²) in [5, 5.41) is 4.80. The second-order valence-electron chi connectivity index (χ2n) is 3.67. The lowest BCUT2D eigenvalue weighted by atomic mass is 10.2. The van der Waals surface area contributed by atoms with E-state index in [9.17, 15) is 0 Å². The van der Waals surface area contributed by atoms with Crippen molar-refractivity contribution in [2.75, 3.05) is 6.54 Å². The lowest BCUT2D eigenvalue weighted by Crippen LogP contribution is -2.12. The molecule has 0 amide bonds. The van der Waals surface area contributed by atoms with Crippen molar-refractivity contribution in [1.29, 1.82) is 0 Å². The number of nitrogens with one attached hydrogen (secondary N) is 1. The molecule has 0 aliphatic heterocycles. The first-order valence-corrected chi connectivity index (χ1v) is 6.93. The average molecular weight is 280 g/mol. The highest BCUT2D eigenvalue weighted by Gasteiger charge is 2.06. The second-order valence-corrected chi connectivity index (χ2v) is 5.11. The van der Waals surface area contributed by atoms with Gasteiger partial charge >= 0.3 is 0 Å². The Bertz CT molecular complexity index is 505. The van der Waals surface area contributed by atoms with E-state index in [4.69, 9.17) is 11.6 Å². The summed E-state index contributed by atoms with van der Waals surface area (Å²) < 4.78 is 0. The molecule has 1 aromatic carbocycles. The zero-order valence-corrected chi connectivity index (χ0v) is 11.6. The van der Waals surface area contributed by atoms with Crippen molar-refractivity contribution in [3.63, 3.8) is 0 Å². The van der Waals surface area contributed by atoms with E-state index in [0.717, 1.165) is 28.2 Å². The summed E-state index contributed by atoms with van der Waals surface area (Å²) in [7, 11) is 0. The van der Waals surface area contributed by atoms with Crippen molar-refractivity contribution in [2.45, 2.75) is 23.5 Å². The van der Waals surface area contributed by atoms with Crippen LogP contribution in [0.15, 0.2) is 46.7 Å². The van der Waals surface area contributed by atoms with Gasteiger partial charge in [0.25, 0.3) is 0 Å². The van der Waals surface area contributed by atoms with E-state index in [1.165, 1.54) is 5.56 Å². The lowest BCUT2D eigenvalue weighted by Gasteiger charge is -2.09. The summed E-state index contributed by atoms with van der Waals surface area (Å²) in [6.45, 7) is 3.81. The molecule has 0 bridgehead atoms. The van der Waals surface area contributed by atoms with E-state index in [2.05, 4.69) is 22.2 Å². The maximum Gasteiger partial charge on any atom is 0.192 e. The first kappa shape index (κ1) is 13.3. The molecule has 18 heavy (non-hydrogen) atoms. The van der Waals surface area contributed by atoms with Gasteiger partial charge in [-0.3, -0.25) is 0 Å². The van der Waals surface area contributed by atoms with Crippen molar-refractivity contribution in [3.8, 4) is 0 Å². The third-order valence-electron chi connectivity index (χ3n) is 2.33. The van der Waals surface area contributed by atoms with Crippen LogP contribution in [0.25, 0.3) is 0 Å². The molecule has 0 unspecified atom stereocenters. The van der Waals surface area contributed by atoms with Crippen LogP contribution in [0.2, 0.25) is 5.02 Å². The van der Waals surface area contributed by atoms with Crippen molar-refractivity contribution in [1.82, 2.24) is 15.3 Å². The number of hydrogen-bond acceptors (Lipinski definition) is 4. The molecule has 0 aliphatic carbocycles. The topological polar surface area (TPSA) is 37.8 Å². The first-order chi connectivity index (χ1) is 8.79. The Balaban J connectivity index is 2.21. The molecule has 2 aromatic rings. The third-order valence-corrected chi connectivity index (χ3v) is 3.58. The van der Waals surface area contributed by atoms with Crippen LogP contribution >= 0.6 is 23.4 Å². The number of hydrogen-bond donors (Lipinski definition) is 1. The summed E-state index contributed by atoms with van der Waals surface area (Å²) >= 11 is 7.58. The van der Waals surface area contributed by atoms with Crippen LogP contribution in [-0.2, 0) is 6.54 Å². The van der Waals surface area contributed by atoms with Gasteiger partial charge in [-0.1, -0.05) is 18.5 Å². The predicted molar refractivity (Wildman–Crippen MR) is 75.0 cm³/mol. The Kier molecular flexibility index (Phi) is 4.99. The molecule has 3 nitrogen and oxygen atoms in total. The molecule has 0 radical (unpaired) electrons. The van der Waals surface area contributed by atoms with Gasteiger partial charge in [0, 0.05) is 28.9 Å². The molecule has 0 spiro atoms. The average Bonchev–Trinajstić information content (AvgIpc) is 2.40. The number of benzene rings is 1. The van der Waals surface area contributed by atoms with Crippen LogP contribution in [0.1, 0.15) is 12.5 Å². The minimum Gasteiger partial charge on any atom is -0.313 e. The smallest absolute Gasteiger partial charge is 0.192 e. The SMILES string of the molecule is CCNCc1cc(Cl)ccc1Sc1ncccn1. The third kappa shape index (κ3) is 3.70. The van der Waals surface area contributed by atoms with Gasteiger partial charge < -0.3 is 5.32 Å². The summed E-state index contributed by atoms with van der Waals surface area (Å²) in [6, 6.07) is 7.69. The van der Waals surface area contributed by atoms with Crippen molar-refractivity contribution in [3.05, 3.63) is 47.2 Å². The minimum atomic E-state index is 0.748. The molecule has 2 rings (SSSR count). The molecule has 94 valence electrons. The fourth-order valence-electron chi connectivity index (χ4n) is 1.48. The molecule has 5 heteroatoms. The number of halogens is 1. The van der Waals surface area contributed by atoms with Gasteiger partial charge in [0.05, 0.1) is 0 Å². The number of nitrogens with zero attached hydrogens (tertiary/aromatic N) is 2. The van der Waals surface area contributed by atoms with Crippen LogP contribution in [0.3, 0.4) is 0 Å². The largest absolute Gasteiger partial charge is 0.313 e. The first-order valence-electron chi connectivity index (χ1n) is 5.73. The second kappa shape index (κ2) is 6.73. The molecule has 1 N–H and O–H groups in total. The summed E-state index contributed by atoms with van der Waals surface area (Å²) in [5.74, 6) is 0. The van der Waals surface area contributed by atoms with E-state index >= 15 is 0 Å². The van der Waals surface area contributed by atoms with E-state index in [-0.39, 0.29) is 0 Å². The summed E-state index contributed by atoms with van der Waals surface area (Å²) in [6.07, 6.45) is 3.49. The van der Waals surface area contributed by atoms with Gasteiger partial charge in [-0.05, 0) is 48.1 Å². The molecular weight excluding hydrogens is 266 g/mol. The van der Waals surface area contributed by atoms with Crippen molar-refractivity contribution in [2.24, 2.45) is 0 Å². The molecule has 0 saturated carbocycles. The zero-order valence-electron chi connectivity index (χ0n) is 10.1. The highest BCUT2D eigenvalue weighted by Crippen LogP contribution is 2.29. The number of rotatable bonds is 5. The fourth-order valence-corrected chi connectivity index (χ4v) is 2.50. The quantitative estimate of drug-likeness (QED) is 0.852. The zero-order chi connectivity index (χ0) is 12.8. The van der Waals surface area contributed by atoms with Gasteiger partial charge in [-0.15, -0.1) is 0 Å². The monoisotopic (exact) mass is 279 g/mol. The van der Waals surface area contributed by atoms with Gasteiger partial charge in [0.15, 0.2) is 5.16 Å². The standard InChI is InChI=1S/C13H14ClN3S/c1-2-15-9-10-8-11(14)4-5-12(10)18-13-16-6-3-7-17-13/h3-8,15H,2,9H2,1H3. The van der Waals surface area contributed by atoms with E-state index < -0.39 is 0 Å². The van der Waals surface area contributed by atoms with Crippen LogP contribution in [0.5, 0.6) is 0 Å². The Hall–Kier alpha value is -1.10. The normalized spacial score (nSPS) is 10.6. The highest BCUT2D eigenvalue weighted by atomic mass is 35.5. The highest BCUT2D eigenvalue weighted by molar-refractivity contribution is 7.99. The van der Waals surface area contributed by atoms with Gasteiger partial charge in [-0.2, -0.15) is 0 Å². The molecular formula is C13H14ClN3S. The molecule has 0 atom stereocenters. The van der Waals surface area contributed by atoms with E-state index in [1.807, 2.05) is 24.3 Å². The van der Waals surface area contributed by atoms with E-state index in [1.54, 1.807) is 24.2 Å². The molecule has 0 saturated heterocycles. The fraction of sp³-hybridized carbons (Fsp3) is 0.231. The molecule has 0 fully saturated rings. The van der Waals surface area contributed by atoms with Crippen LogP contribution in [0, 0.1) is 0 Å². The Morgan fingerprint density at radius 1 is 1.28 bits per heavy atom. The summed E-state index contributed by atoms with van der Waals surface area (Å²) in [5.41, 5.74) is 1.17. The maximum absolute atomic E-state index is 6.03. The Morgan fingerprint density at radius 2 is 2.06 bits per heavy atom. The Labute approximate surface area is 116 Å². The van der Waals surface area contributed by atoms with Crippen molar-refractivity contribution < 1.29 is 0 Å². The van der Waals surface area contributed by atoms with E-state index in [0.29, 0.717) is 0 Å². The van der Waals surface area contributed by atoms with Gasteiger partial charge in [0.2, 0.25) is 0 Å². The molecule has 1 aromatic heterocycles. The van der Waals surface area contributed by atoms with Crippen molar-refractivity contribution >= 4 is 23.4 Å². The molecule has 0 aliphatic rings. The maximum atomic E-state index is 6.03. The Morgan fingerprint density at radius 3 is 2.78 bits per heavy atom. The molecule has 1 heterocycles. The lowest BCUT2D eigenvalue weighted by molar-refractivity contribution is 0.718. The van der Waals surface area contributed by atoms with Crippen LogP contribution in [-0.4, -0.2) is 16.5 Å². The van der Waals surface area contributed by atoms with Crippen LogP contribution < -0.4 is 5.32 Å².